The van der Waals surface area contributed by atoms with Crippen LogP contribution in [0.1, 0.15) is 26.7 Å². The maximum absolute atomic E-state index is 10.3. The summed E-state index contributed by atoms with van der Waals surface area (Å²) in [6.45, 7) is 4.17. The SMILES string of the molecule is CCC(CC)COS(N)(=O)=O. The third kappa shape index (κ3) is 6.28. The van der Waals surface area contributed by atoms with E-state index in [1.807, 2.05) is 13.8 Å². The van der Waals surface area contributed by atoms with Crippen molar-refractivity contribution in [3.8, 4) is 0 Å². The van der Waals surface area contributed by atoms with Crippen molar-refractivity contribution in [2.24, 2.45) is 11.1 Å². The normalized spacial score (nSPS) is 12.4. The third-order valence-corrected chi connectivity index (χ3v) is 2.09. The first-order valence-electron chi connectivity index (χ1n) is 3.66. The van der Waals surface area contributed by atoms with Gasteiger partial charge in [0.2, 0.25) is 0 Å². The summed E-state index contributed by atoms with van der Waals surface area (Å²) in [5.41, 5.74) is 0. The van der Waals surface area contributed by atoms with Gasteiger partial charge >= 0.3 is 10.3 Å². The molecule has 5 heteroatoms. The largest absolute Gasteiger partial charge is 0.333 e. The third-order valence-electron chi connectivity index (χ3n) is 1.62. The predicted octanol–water partition coefficient (Wildman–Crippen LogP) is 0.643. The fourth-order valence-corrected chi connectivity index (χ4v) is 1.10. The van der Waals surface area contributed by atoms with Gasteiger partial charge < -0.3 is 0 Å². The Hall–Kier alpha value is -0.130. The lowest BCUT2D eigenvalue weighted by atomic mass is 10.1. The molecule has 11 heavy (non-hydrogen) atoms. The molecule has 0 saturated heterocycles. The second kappa shape index (κ2) is 4.69. The van der Waals surface area contributed by atoms with Crippen LogP contribution in [0.4, 0.5) is 0 Å². The van der Waals surface area contributed by atoms with Crippen molar-refractivity contribution in [2.75, 3.05) is 6.61 Å². The average Bonchev–Trinajstić information content (AvgIpc) is 1.88. The van der Waals surface area contributed by atoms with Gasteiger partial charge in [-0.05, 0) is 5.92 Å². The van der Waals surface area contributed by atoms with Gasteiger partial charge in [0, 0.05) is 0 Å². The Balaban J connectivity index is 3.69. The molecule has 0 amide bonds. The molecule has 0 aromatic heterocycles. The molecule has 0 saturated carbocycles. The summed E-state index contributed by atoms with van der Waals surface area (Å²) in [5, 5.41) is 4.64. The Kier molecular flexibility index (Phi) is 4.63. The van der Waals surface area contributed by atoms with Crippen LogP contribution in [-0.2, 0) is 14.5 Å². The summed E-state index contributed by atoms with van der Waals surface area (Å²) in [7, 11) is -3.74. The van der Waals surface area contributed by atoms with E-state index in [1.165, 1.54) is 0 Å². The first kappa shape index (κ1) is 10.9. The Morgan fingerprint density at radius 2 is 1.82 bits per heavy atom. The van der Waals surface area contributed by atoms with E-state index in [0.29, 0.717) is 0 Å². The lowest BCUT2D eigenvalue weighted by molar-refractivity contribution is 0.246. The Bertz CT molecular complexity index is 184. The van der Waals surface area contributed by atoms with Crippen LogP contribution in [-0.4, -0.2) is 15.0 Å². The Morgan fingerprint density at radius 1 is 1.36 bits per heavy atom. The molecule has 2 N–H and O–H groups in total. The highest BCUT2D eigenvalue weighted by Gasteiger charge is 2.08. The fraction of sp³-hybridized carbons (Fsp3) is 1.00. The molecule has 0 aromatic rings. The molecule has 0 unspecified atom stereocenters. The van der Waals surface area contributed by atoms with E-state index in [4.69, 9.17) is 0 Å². The molecule has 0 aliphatic rings. The average molecular weight is 181 g/mol. The topological polar surface area (TPSA) is 69.4 Å². The predicted molar refractivity (Wildman–Crippen MR) is 43.1 cm³/mol. The first-order valence-corrected chi connectivity index (χ1v) is 5.13. The fourth-order valence-electron chi connectivity index (χ4n) is 0.715. The molecule has 0 heterocycles. The van der Waals surface area contributed by atoms with Crippen LogP contribution in [0.15, 0.2) is 0 Å². The minimum Gasteiger partial charge on any atom is -0.258 e. The van der Waals surface area contributed by atoms with E-state index >= 15 is 0 Å². The highest BCUT2D eigenvalue weighted by Crippen LogP contribution is 2.07. The van der Waals surface area contributed by atoms with E-state index in [1.54, 1.807) is 0 Å². The number of hydrogen-bond donors (Lipinski definition) is 1. The minimum absolute atomic E-state index is 0.200. The minimum atomic E-state index is -3.74. The lowest BCUT2D eigenvalue weighted by Gasteiger charge is -2.09. The summed E-state index contributed by atoms with van der Waals surface area (Å²) in [6.07, 6.45) is 1.82. The van der Waals surface area contributed by atoms with E-state index in [-0.39, 0.29) is 12.5 Å². The zero-order valence-electron chi connectivity index (χ0n) is 6.91. The van der Waals surface area contributed by atoms with Gasteiger partial charge in [-0.3, -0.25) is 4.18 Å². The Morgan fingerprint density at radius 3 is 2.09 bits per heavy atom. The summed E-state index contributed by atoms with van der Waals surface area (Å²) in [6, 6.07) is 0. The maximum Gasteiger partial charge on any atom is 0.333 e. The van der Waals surface area contributed by atoms with Gasteiger partial charge in [-0.25, -0.2) is 5.14 Å². The summed E-state index contributed by atoms with van der Waals surface area (Å²) >= 11 is 0. The van der Waals surface area contributed by atoms with Crippen molar-refractivity contribution in [1.29, 1.82) is 0 Å². The lowest BCUT2D eigenvalue weighted by Crippen LogP contribution is -2.20. The monoisotopic (exact) mass is 181 g/mol. The second-order valence-corrected chi connectivity index (χ2v) is 3.68. The molecule has 0 bridgehead atoms. The van der Waals surface area contributed by atoms with Crippen LogP contribution in [0.25, 0.3) is 0 Å². The number of rotatable bonds is 5. The molecule has 0 fully saturated rings. The van der Waals surface area contributed by atoms with Crippen molar-refractivity contribution < 1.29 is 12.6 Å². The standard InChI is InChI=1S/C6H15NO3S/c1-3-6(4-2)5-10-11(7,8)9/h6H,3-5H2,1-2H3,(H2,7,8,9). The van der Waals surface area contributed by atoms with Gasteiger partial charge in [0.1, 0.15) is 0 Å². The van der Waals surface area contributed by atoms with E-state index in [0.717, 1.165) is 12.8 Å². The highest BCUT2D eigenvalue weighted by atomic mass is 32.2. The molecule has 0 radical (unpaired) electrons. The van der Waals surface area contributed by atoms with Crippen LogP contribution in [0.3, 0.4) is 0 Å². The molecule has 0 rings (SSSR count). The highest BCUT2D eigenvalue weighted by molar-refractivity contribution is 7.84. The molecule has 0 aliphatic heterocycles. The smallest absolute Gasteiger partial charge is 0.258 e. The van der Waals surface area contributed by atoms with E-state index in [9.17, 15) is 8.42 Å². The van der Waals surface area contributed by atoms with Crippen LogP contribution < -0.4 is 5.14 Å². The van der Waals surface area contributed by atoms with Crippen molar-refractivity contribution in [3.63, 3.8) is 0 Å². The van der Waals surface area contributed by atoms with Crippen LogP contribution >= 0.6 is 0 Å². The summed E-state index contributed by atoms with van der Waals surface area (Å²) in [4.78, 5) is 0. The van der Waals surface area contributed by atoms with Crippen LogP contribution in [0.2, 0.25) is 0 Å². The van der Waals surface area contributed by atoms with Crippen LogP contribution in [0.5, 0.6) is 0 Å². The van der Waals surface area contributed by atoms with Gasteiger partial charge in [-0.1, -0.05) is 26.7 Å². The molecular formula is C6H15NO3S. The van der Waals surface area contributed by atoms with Crippen molar-refractivity contribution >= 4 is 10.3 Å². The quantitative estimate of drug-likeness (QED) is 0.676. The zero-order valence-corrected chi connectivity index (χ0v) is 7.73. The summed E-state index contributed by atoms with van der Waals surface area (Å²) in [5.74, 6) is 0.285. The number of nitrogens with two attached hydrogens (primary N) is 1. The molecular weight excluding hydrogens is 166 g/mol. The van der Waals surface area contributed by atoms with Gasteiger partial charge in [0.05, 0.1) is 6.61 Å². The van der Waals surface area contributed by atoms with E-state index in [2.05, 4.69) is 9.32 Å². The first-order chi connectivity index (χ1) is 4.99. The molecule has 0 atom stereocenters. The van der Waals surface area contributed by atoms with Crippen molar-refractivity contribution in [1.82, 2.24) is 0 Å². The molecule has 0 aromatic carbocycles. The van der Waals surface area contributed by atoms with Crippen LogP contribution in [0, 0.1) is 5.92 Å². The van der Waals surface area contributed by atoms with Crippen molar-refractivity contribution in [2.45, 2.75) is 26.7 Å². The van der Waals surface area contributed by atoms with Gasteiger partial charge in [-0.2, -0.15) is 8.42 Å². The molecule has 0 spiro atoms. The van der Waals surface area contributed by atoms with E-state index < -0.39 is 10.3 Å². The van der Waals surface area contributed by atoms with Gasteiger partial charge in [-0.15, -0.1) is 0 Å². The molecule has 68 valence electrons. The second-order valence-electron chi connectivity index (χ2n) is 2.46. The number of hydrogen-bond acceptors (Lipinski definition) is 3. The molecule has 4 nitrogen and oxygen atoms in total. The van der Waals surface area contributed by atoms with Gasteiger partial charge in [0.25, 0.3) is 0 Å². The Labute approximate surface area is 68.0 Å². The maximum atomic E-state index is 10.3. The summed E-state index contributed by atoms with van der Waals surface area (Å²) < 4.78 is 25.1. The van der Waals surface area contributed by atoms with Crippen molar-refractivity contribution in [3.05, 3.63) is 0 Å². The molecule has 0 aliphatic carbocycles. The zero-order chi connectivity index (χ0) is 8.91. The van der Waals surface area contributed by atoms with Gasteiger partial charge in [0.15, 0.2) is 0 Å².